The van der Waals surface area contributed by atoms with Crippen molar-refractivity contribution >= 4 is 35.0 Å². The lowest BCUT2D eigenvalue weighted by Crippen LogP contribution is -2.27. The molecule has 0 aliphatic heterocycles. The summed E-state index contributed by atoms with van der Waals surface area (Å²) in [6, 6.07) is 15.7. The fourth-order valence-electron chi connectivity index (χ4n) is 3.35. The molecule has 11 nitrogen and oxygen atoms in total. The molecule has 4 aromatic rings. The van der Waals surface area contributed by atoms with Gasteiger partial charge in [-0.2, -0.15) is 0 Å². The van der Waals surface area contributed by atoms with Crippen LogP contribution in [0.2, 0.25) is 0 Å². The Hall–Kier alpha value is -4.80. The first kappa shape index (κ1) is 26.3. The summed E-state index contributed by atoms with van der Waals surface area (Å²) in [5.41, 5.74) is 2.67. The van der Waals surface area contributed by atoms with Crippen LogP contribution in [0.25, 0.3) is 11.4 Å². The maximum atomic E-state index is 12.9. The third-order valence-electron chi connectivity index (χ3n) is 5.17. The van der Waals surface area contributed by atoms with Crippen LogP contribution in [0, 0.1) is 0 Å². The minimum atomic E-state index is -0.641. The molecule has 3 N–H and O–H groups in total. The number of para-hydroxylation sites is 2. The van der Waals surface area contributed by atoms with Gasteiger partial charge in [0.2, 0.25) is 5.95 Å². The molecule has 2 amide bonds. The average molecular weight is 515 g/mol. The highest BCUT2D eigenvalue weighted by Crippen LogP contribution is 2.24. The number of benzene rings is 2. The van der Waals surface area contributed by atoms with Crippen LogP contribution in [0.15, 0.2) is 67.0 Å². The van der Waals surface area contributed by atoms with Gasteiger partial charge < -0.3 is 15.4 Å². The van der Waals surface area contributed by atoms with Gasteiger partial charge in [0.25, 0.3) is 5.91 Å². The molecule has 0 unspecified atom stereocenters. The van der Waals surface area contributed by atoms with Crippen molar-refractivity contribution in [3.63, 3.8) is 0 Å². The van der Waals surface area contributed by atoms with Crippen LogP contribution in [0.5, 0.6) is 0 Å². The molecule has 0 radical (unpaired) electrons. The molecule has 2 aromatic carbocycles. The fourth-order valence-corrected chi connectivity index (χ4v) is 3.35. The second kappa shape index (κ2) is 11.1. The largest absolute Gasteiger partial charge is 0.444 e. The molecule has 2 aromatic heterocycles. The molecule has 0 aliphatic carbocycles. The number of rotatable bonds is 7. The van der Waals surface area contributed by atoms with Gasteiger partial charge >= 0.3 is 6.09 Å². The second-order valence-electron chi connectivity index (χ2n) is 9.77. The molecular formula is C27H30N8O3. The first-order valence-electron chi connectivity index (χ1n) is 12.1. The topological polar surface area (TPSA) is 136 Å². The van der Waals surface area contributed by atoms with Crippen LogP contribution in [0.1, 0.15) is 51.0 Å². The van der Waals surface area contributed by atoms with E-state index in [1.165, 1.54) is 0 Å². The van der Waals surface area contributed by atoms with Crippen LogP contribution in [-0.4, -0.2) is 42.6 Å². The van der Waals surface area contributed by atoms with Gasteiger partial charge in [-0.3, -0.25) is 10.1 Å². The van der Waals surface area contributed by atoms with Crippen molar-refractivity contribution < 1.29 is 14.3 Å². The molecule has 196 valence electrons. The number of nitrogens with one attached hydrogen (secondary N) is 3. The number of anilines is 4. The van der Waals surface area contributed by atoms with Gasteiger partial charge in [0.1, 0.15) is 11.3 Å². The Morgan fingerprint density at radius 1 is 0.921 bits per heavy atom. The summed E-state index contributed by atoms with van der Waals surface area (Å²) >= 11 is 0. The highest BCUT2D eigenvalue weighted by atomic mass is 16.6. The predicted molar refractivity (Wildman–Crippen MR) is 145 cm³/mol. The van der Waals surface area contributed by atoms with Crippen molar-refractivity contribution in [1.82, 2.24) is 25.0 Å². The minimum Gasteiger partial charge on any atom is -0.444 e. The van der Waals surface area contributed by atoms with E-state index in [9.17, 15) is 9.59 Å². The van der Waals surface area contributed by atoms with E-state index in [0.717, 1.165) is 0 Å². The summed E-state index contributed by atoms with van der Waals surface area (Å²) < 4.78 is 7.07. The Kier molecular flexibility index (Phi) is 7.66. The molecule has 0 bridgehead atoms. The van der Waals surface area contributed by atoms with E-state index in [-0.39, 0.29) is 11.9 Å². The first-order chi connectivity index (χ1) is 18.1. The molecule has 0 atom stereocenters. The molecule has 0 saturated carbocycles. The van der Waals surface area contributed by atoms with Gasteiger partial charge in [-0.05, 0) is 77.1 Å². The summed E-state index contributed by atoms with van der Waals surface area (Å²) in [6.07, 6.45) is 2.88. The van der Waals surface area contributed by atoms with Crippen molar-refractivity contribution in [3.05, 3.63) is 72.6 Å². The molecule has 4 rings (SSSR count). The molecule has 0 fully saturated rings. The first-order valence-corrected chi connectivity index (χ1v) is 12.1. The van der Waals surface area contributed by atoms with E-state index in [1.54, 1.807) is 86.2 Å². The van der Waals surface area contributed by atoms with Crippen LogP contribution in [0.3, 0.4) is 0 Å². The highest BCUT2D eigenvalue weighted by molar-refractivity contribution is 6.07. The molecule has 11 heteroatoms. The molecule has 0 spiro atoms. The molecular weight excluding hydrogens is 484 g/mol. The lowest BCUT2D eigenvalue weighted by molar-refractivity contribution is 0.0635. The van der Waals surface area contributed by atoms with E-state index < -0.39 is 11.7 Å². The molecule has 0 aliphatic rings. The van der Waals surface area contributed by atoms with Crippen LogP contribution in [0.4, 0.5) is 27.8 Å². The average Bonchev–Trinajstić information content (AvgIpc) is 3.36. The Bertz CT molecular complexity index is 1420. The molecule has 0 saturated heterocycles. The number of aromatic nitrogens is 5. The SMILES string of the molecule is CC(C)n1cc(-c2ccnc(Nc3ccc(C(=O)Nc4ccccc4NC(=O)OC(C)(C)C)cc3)n2)nn1. The van der Waals surface area contributed by atoms with Crippen molar-refractivity contribution in [3.8, 4) is 11.4 Å². The third kappa shape index (κ3) is 6.90. The van der Waals surface area contributed by atoms with Crippen molar-refractivity contribution in [1.29, 1.82) is 0 Å². The lowest BCUT2D eigenvalue weighted by atomic mass is 10.2. The van der Waals surface area contributed by atoms with E-state index >= 15 is 0 Å². The van der Waals surface area contributed by atoms with Crippen LogP contribution in [-0.2, 0) is 4.74 Å². The van der Waals surface area contributed by atoms with E-state index in [4.69, 9.17) is 4.74 Å². The normalized spacial score (nSPS) is 11.2. The van der Waals surface area contributed by atoms with Gasteiger partial charge in [-0.1, -0.05) is 17.3 Å². The number of hydrogen-bond acceptors (Lipinski definition) is 8. The second-order valence-corrected chi connectivity index (χ2v) is 9.77. The van der Waals surface area contributed by atoms with Gasteiger partial charge in [0.15, 0.2) is 0 Å². The van der Waals surface area contributed by atoms with E-state index in [0.29, 0.717) is 40.0 Å². The van der Waals surface area contributed by atoms with Gasteiger partial charge in [-0.15, -0.1) is 5.10 Å². The maximum absolute atomic E-state index is 12.9. The smallest absolute Gasteiger partial charge is 0.412 e. The summed E-state index contributed by atoms with van der Waals surface area (Å²) in [5, 5.41) is 16.9. The molecule has 2 heterocycles. The van der Waals surface area contributed by atoms with Crippen molar-refractivity contribution in [2.45, 2.75) is 46.3 Å². The zero-order valence-electron chi connectivity index (χ0n) is 21.9. The quantitative estimate of drug-likeness (QED) is 0.287. The number of ether oxygens (including phenoxy) is 1. The number of hydrogen-bond donors (Lipinski definition) is 3. The standard InChI is InChI=1S/C27H30N8O3/c1-17(2)35-16-23(33-34-35)22-14-15-28-25(31-22)29-19-12-10-18(11-13-19)24(36)30-20-8-6-7-9-21(20)32-26(37)38-27(3,4)5/h6-17H,1-5H3,(H,30,36)(H,32,37)(H,28,29,31). The van der Waals surface area contributed by atoms with Gasteiger partial charge in [0.05, 0.1) is 23.3 Å². The maximum Gasteiger partial charge on any atom is 0.412 e. The summed E-state index contributed by atoms with van der Waals surface area (Å²) in [6.45, 7) is 9.38. The number of carbonyl (C=O) groups is 2. The summed E-state index contributed by atoms with van der Waals surface area (Å²) in [7, 11) is 0. The number of amides is 2. The Labute approximate surface area is 220 Å². The van der Waals surface area contributed by atoms with E-state index in [2.05, 4.69) is 36.2 Å². The zero-order valence-corrected chi connectivity index (χ0v) is 21.9. The highest BCUT2D eigenvalue weighted by Gasteiger charge is 2.18. The van der Waals surface area contributed by atoms with Gasteiger partial charge in [-0.25, -0.2) is 19.4 Å². The fraction of sp³-hybridized carbons (Fsp3) is 0.259. The van der Waals surface area contributed by atoms with Crippen LogP contribution >= 0.6 is 0 Å². The van der Waals surface area contributed by atoms with E-state index in [1.807, 2.05) is 20.0 Å². The number of carbonyl (C=O) groups excluding carboxylic acids is 2. The summed E-state index contributed by atoms with van der Waals surface area (Å²) in [5.74, 6) is 0.0578. The Morgan fingerprint density at radius 2 is 1.61 bits per heavy atom. The summed E-state index contributed by atoms with van der Waals surface area (Å²) in [4.78, 5) is 33.9. The zero-order chi connectivity index (χ0) is 27.3. The third-order valence-corrected chi connectivity index (χ3v) is 5.17. The Morgan fingerprint density at radius 3 is 2.24 bits per heavy atom. The van der Waals surface area contributed by atoms with Crippen LogP contribution < -0.4 is 16.0 Å². The predicted octanol–water partition coefficient (Wildman–Crippen LogP) is 5.66. The lowest BCUT2D eigenvalue weighted by Gasteiger charge is -2.20. The van der Waals surface area contributed by atoms with Gasteiger partial charge in [0, 0.05) is 23.5 Å². The Balaban J connectivity index is 1.41. The van der Waals surface area contributed by atoms with Crippen molar-refractivity contribution in [2.75, 3.05) is 16.0 Å². The van der Waals surface area contributed by atoms with Crippen molar-refractivity contribution in [2.24, 2.45) is 0 Å². The molecule has 38 heavy (non-hydrogen) atoms. The minimum absolute atomic E-state index is 0.195. The number of nitrogens with zero attached hydrogens (tertiary/aromatic N) is 5. The monoisotopic (exact) mass is 514 g/mol.